The number of aryl methyl sites for hydroxylation is 1. The SMILES string of the molecule is COc1cc2nccc3c2c(c1OC)[C@H](/C=C/CN(C)C)Nc1ccc(cc1)NC(=O)Nc1ccc(C)c(c1)O3. The highest BCUT2D eigenvalue weighted by molar-refractivity contribution is 6.00. The molecule has 1 aromatic heterocycles. The molecular formula is C31H33N5O4. The number of nitrogens with one attached hydrogen (secondary N) is 3. The Bertz CT molecular complexity index is 1570. The van der Waals surface area contributed by atoms with Gasteiger partial charge in [0.1, 0.15) is 11.5 Å². The van der Waals surface area contributed by atoms with E-state index in [1.54, 1.807) is 20.4 Å². The number of benzene rings is 3. The van der Waals surface area contributed by atoms with Crippen LogP contribution in [0.15, 0.2) is 72.9 Å². The van der Waals surface area contributed by atoms with Crippen LogP contribution in [0.2, 0.25) is 0 Å². The molecule has 3 heterocycles. The fourth-order valence-electron chi connectivity index (χ4n) is 4.67. The van der Waals surface area contributed by atoms with Crippen molar-refractivity contribution in [1.29, 1.82) is 0 Å². The zero-order chi connectivity index (χ0) is 28.2. The number of rotatable bonds is 5. The molecule has 2 aliphatic rings. The molecule has 6 rings (SSSR count). The van der Waals surface area contributed by atoms with Gasteiger partial charge in [0.15, 0.2) is 11.5 Å². The molecule has 3 N–H and O–H groups in total. The summed E-state index contributed by atoms with van der Waals surface area (Å²) in [5.74, 6) is 2.35. The van der Waals surface area contributed by atoms with Crippen LogP contribution < -0.4 is 30.2 Å². The van der Waals surface area contributed by atoms with E-state index >= 15 is 0 Å². The molecule has 1 atom stereocenters. The number of carbonyl (C=O) groups is 1. The molecule has 0 aliphatic carbocycles. The second-order valence-corrected chi connectivity index (χ2v) is 9.78. The van der Waals surface area contributed by atoms with Gasteiger partial charge in [-0.05, 0) is 63.0 Å². The van der Waals surface area contributed by atoms with E-state index in [9.17, 15) is 4.79 Å². The van der Waals surface area contributed by atoms with Gasteiger partial charge in [0, 0.05) is 47.5 Å². The van der Waals surface area contributed by atoms with Crippen molar-refractivity contribution < 1.29 is 19.0 Å². The Morgan fingerprint density at radius 2 is 1.68 bits per heavy atom. The second kappa shape index (κ2) is 11.5. The summed E-state index contributed by atoms with van der Waals surface area (Å²) in [5, 5.41) is 10.2. The molecule has 9 nitrogen and oxygen atoms in total. The van der Waals surface area contributed by atoms with Crippen molar-refractivity contribution in [2.45, 2.75) is 13.0 Å². The van der Waals surface area contributed by atoms with E-state index in [-0.39, 0.29) is 12.1 Å². The Kier molecular flexibility index (Phi) is 7.75. The second-order valence-electron chi connectivity index (χ2n) is 9.78. The number of anilines is 3. The average Bonchev–Trinajstić information content (AvgIpc) is 2.93. The van der Waals surface area contributed by atoms with Crippen molar-refractivity contribution in [2.24, 2.45) is 0 Å². The highest BCUT2D eigenvalue weighted by Gasteiger charge is 2.25. The lowest BCUT2D eigenvalue weighted by atomic mass is 9.97. The Morgan fingerprint density at radius 3 is 2.40 bits per heavy atom. The first-order valence-electron chi connectivity index (χ1n) is 12.9. The van der Waals surface area contributed by atoms with Crippen LogP contribution in [0.3, 0.4) is 0 Å². The third kappa shape index (κ3) is 5.64. The maximum atomic E-state index is 12.7. The molecule has 4 aromatic rings. The predicted octanol–water partition coefficient (Wildman–Crippen LogP) is 6.58. The van der Waals surface area contributed by atoms with Gasteiger partial charge in [-0.2, -0.15) is 0 Å². The van der Waals surface area contributed by atoms with Gasteiger partial charge < -0.3 is 35.1 Å². The van der Waals surface area contributed by atoms with Gasteiger partial charge in [-0.1, -0.05) is 18.2 Å². The van der Waals surface area contributed by atoms with E-state index in [2.05, 4.69) is 38.0 Å². The highest BCUT2D eigenvalue weighted by atomic mass is 16.5. The van der Waals surface area contributed by atoms with Gasteiger partial charge >= 0.3 is 6.03 Å². The van der Waals surface area contributed by atoms with Crippen LogP contribution in [0, 0.1) is 6.92 Å². The van der Waals surface area contributed by atoms with E-state index in [1.807, 2.05) is 75.6 Å². The lowest BCUT2D eigenvalue weighted by molar-refractivity contribution is 0.262. The number of pyridine rings is 1. The van der Waals surface area contributed by atoms with E-state index in [1.165, 1.54) is 0 Å². The van der Waals surface area contributed by atoms with Crippen molar-refractivity contribution in [3.63, 3.8) is 0 Å². The quantitative estimate of drug-likeness (QED) is 0.247. The van der Waals surface area contributed by atoms with E-state index < -0.39 is 0 Å². The Morgan fingerprint density at radius 1 is 0.950 bits per heavy atom. The molecular weight excluding hydrogens is 506 g/mol. The van der Waals surface area contributed by atoms with Gasteiger partial charge in [0.05, 0.1) is 31.2 Å². The third-order valence-corrected chi connectivity index (χ3v) is 6.61. The number of urea groups is 1. The van der Waals surface area contributed by atoms with Crippen molar-refractivity contribution in [3.05, 3.63) is 84.1 Å². The number of nitrogens with zero attached hydrogens (tertiary/aromatic N) is 2. The first-order valence-corrected chi connectivity index (χ1v) is 12.9. The highest BCUT2D eigenvalue weighted by Crippen LogP contribution is 2.46. The molecule has 0 fully saturated rings. The van der Waals surface area contributed by atoms with Gasteiger partial charge in [0.2, 0.25) is 0 Å². The molecule has 4 bridgehead atoms. The minimum Gasteiger partial charge on any atom is -0.493 e. The zero-order valence-corrected chi connectivity index (χ0v) is 23.2. The van der Waals surface area contributed by atoms with Crippen LogP contribution in [0.1, 0.15) is 17.2 Å². The number of hydrogen-bond donors (Lipinski definition) is 3. The first kappa shape index (κ1) is 26.8. The lowest BCUT2D eigenvalue weighted by Crippen LogP contribution is -2.19. The number of amides is 2. The first-order chi connectivity index (χ1) is 19.4. The molecule has 9 heteroatoms. The fourth-order valence-corrected chi connectivity index (χ4v) is 4.67. The molecule has 0 unspecified atom stereocenters. The van der Waals surface area contributed by atoms with Crippen LogP contribution in [0.4, 0.5) is 21.9 Å². The molecule has 206 valence electrons. The van der Waals surface area contributed by atoms with Gasteiger partial charge in [-0.3, -0.25) is 4.98 Å². The van der Waals surface area contributed by atoms with Crippen LogP contribution >= 0.6 is 0 Å². The van der Waals surface area contributed by atoms with Crippen LogP contribution in [-0.4, -0.2) is 50.8 Å². The van der Waals surface area contributed by atoms with E-state index in [0.29, 0.717) is 39.9 Å². The molecule has 0 radical (unpaired) electrons. The van der Waals surface area contributed by atoms with Crippen molar-refractivity contribution in [1.82, 2.24) is 9.88 Å². The fraction of sp³-hybridized carbons (Fsp3) is 0.226. The van der Waals surface area contributed by atoms with Crippen LogP contribution in [0.25, 0.3) is 10.9 Å². The summed E-state index contributed by atoms with van der Waals surface area (Å²) in [6.07, 6.45) is 5.91. The summed E-state index contributed by atoms with van der Waals surface area (Å²) in [6.45, 7) is 2.70. The predicted molar refractivity (Wildman–Crippen MR) is 159 cm³/mol. The Hall–Kier alpha value is -4.76. The van der Waals surface area contributed by atoms with Crippen molar-refractivity contribution in [3.8, 4) is 23.0 Å². The van der Waals surface area contributed by atoms with E-state index in [4.69, 9.17) is 14.2 Å². The molecule has 0 saturated carbocycles. The average molecular weight is 540 g/mol. The summed E-state index contributed by atoms with van der Waals surface area (Å²) in [5.41, 5.74) is 4.55. The minimum absolute atomic E-state index is 0.346. The molecule has 0 spiro atoms. The topological polar surface area (TPSA) is 97.0 Å². The van der Waals surface area contributed by atoms with Crippen molar-refractivity contribution >= 4 is 34.0 Å². The molecule has 3 aromatic carbocycles. The molecule has 2 amide bonds. The van der Waals surface area contributed by atoms with Crippen LogP contribution in [-0.2, 0) is 0 Å². The summed E-state index contributed by atoms with van der Waals surface area (Å²) in [7, 11) is 7.29. The third-order valence-electron chi connectivity index (χ3n) is 6.61. The van der Waals surface area contributed by atoms with Crippen molar-refractivity contribution in [2.75, 3.05) is 50.8 Å². The maximum absolute atomic E-state index is 12.7. The van der Waals surface area contributed by atoms with Gasteiger partial charge in [-0.15, -0.1) is 0 Å². The number of aromatic nitrogens is 1. The molecule has 0 saturated heterocycles. The van der Waals surface area contributed by atoms with E-state index in [0.717, 1.165) is 28.7 Å². The van der Waals surface area contributed by atoms with Crippen LogP contribution in [0.5, 0.6) is 23.0 Å². The smallest absolute Gasteiger partial charge is 0.323 e. The minimum atomic E-state index is -0.347. The molecule has 40 heavy (non-hydrogen) atoms. The monoisotopic (exact) mass is 539 g/mol. The van der Waals surface area contributed by atoms with Gasteiger partial charge in [0.25, 0.3) is 0 Å². The summed E-state index contributed by atoms with van der Waals surface area (Å²) < 4.78 is 18.3. The maximum Gasteiger partial charge on any atom is 0.323 e. The van der Waals surface area contributed by atoms with Gasteiger partial charge in [-0.25, -0.2) is 4.79 Å². The largest absolute Gasteiger partial charge is 0.493 e. The Balaban J connectivity index is 1.80. The normalized spacial score (nSPS) is 14.9. The number of likely N-dealkylation sites (N-methyl/N-ethyl adjacent to an activating group) is 1. The summed E-state index contributed by atoms with van der Waals surface area (Å²) in [4.78, 5) is 19.5. The number of carbonyl (C=O) groups excluding carboxylic acids is 1. The number of ether oxygens (including phenoxy) is 3. The number of fused-ring (bicyclic) bond motifs is 5. The summed E-state index contributed by atoms with van der Waals surface area (Å²) in [6, 6.07) is 16.1. The standard InChI is InChI=1S/C31H33N5O4/c1-19-8-9-22-17-26(19)40-25-14-15-32-24-18-27(38-4)30(39-5)29(28(24)25)23(7-6-16-36(2)3)33-20-10-12-21(13-11-20)34-31(37)35-22/h6-15,17-18,23,33H,16H2,1-5H3,(H2,34,35,37)/b7-6+/t23-/m0/s1. The number of hydrogen-bond acceptors (Lipinski definition) is 7. The number of methoxy groups -OCH3 is 2. The Labute approximate surface area is 233 Å². The zero-order valence-electron chi connectivity index (χ0n) is 23.2. The molecule has 2 aliphatic heterocycles. The summed E-state index contributed by atoms with van der Waals surface area (Å²) >= 11 is 0. The lowest BCUT2D eigenvalue weighted by Gasteiger charge is -2.25.